The van der Waals surface area contributed by atoms with E-state index in [4.69, 9.17) is 14.2 Å². The quantitative estimate of drug-likeness (QED) is 0.642. The first-order chi connectivity index (χ1) is 13.1. The van der Waals surface area contributed by atoms with E-state index in [1.807, 2.05) is 30.3 Å². The number of aromatic nitrogens is 2. The van der Waals surface area contributed by atoms with Gasteiger partial charge in [-0.1, -0.05) is 30.3 Å². The maximum Gasteiger partial charge on any atom is 0.362 e. The molecule has 7 nitrogen and oxygen atoms in total. The van der Waals surface area contributed by atoms with E-state index in [0.717, 1.165) is 5.56 Å². The van der Waals surface area contributed by atoms with E-state index in [2.05, 4.69) is 10.2 Å². The Labute approximate surface area is 155 Å². The zero-order valence-corrected chi connectivity index (χ0v) is 15.2. The Balaban J connectivity index is 2.45. The molecule has 1 heterocycles. The average Bonchev–Trinajstić information content (AvgIpc) is 2.84. The molecular weight excluding hydrogens is 348 g/mol. The number of rotatable bonds is 5. The molecule has 0 spiro atoms. The zero-order valence-electron chi connectivity index (χ0n) is 15.2. The maximum absolute atomic E-state index is 13.0. The van der Waals surface area contributed by atoms with Crippen LogP contribution in [0.15, 0.2) is 47.3 Å². The van der Waals surface area contributed by atoms with Crippen molar-refractivity contribution in [3.05, 3.63) is 58.4 Å². The third-order valence-electron chi connectivity index (χ3n) is 4.00. The SMILES string of the molecule is CCOC(=O)c1nnc(-c2ccccc2)c2cc(OC)c(OC)cc2c1=O. The number of fused-ring (bicyclic) bond motifs is 1. The van der Waals surface area contributed by atoms with E-state index in [1.165, 1.54) is 20.3 Å². The molecule has 0 saturated carbocycles. The van der Waals surface area contributed by atoms with E-state index >= 15 is 0 Å². The van der Waals surface area contributed by atoms with Crippen LogP contribution in [0.25, 0.3) is 22.0 Å². The van der Waals surface area contributed by atoms with Crippen molar-refractivity contribution in [1.29, 1.82) is 0 Å². The lowest BCUT2D eigenvalue weighted by atomic mass is 10.0. The molecule has 7 heteroatoms. The van der Waals surface area contributed by atoms with Crippen molar-refractivity contribution >= 4 is 16.7 Å². The number of esters is 1. The van der Waals surface area contributed by atoms with E-state index in [9.17, 15) is 9.59 Å². The molecule has 0 fully saturated rings. The predicted molar refractivity (Wildman–Crippen MR) is 100 cm³/mol. The molecule has 3 rings (SSSR count). The molecule has 0 bridgehead atoms. The van der Waals surface area contributed by atoms with Gasteiger partial charge in [0.1, 0.15) is 5.69 Å². The maximum atomic E-state index is 13.0. The summed E-state index contributed by atoms with van der Waals surface area (Å²) in [6.45, 7) is 1.78. The minimum Gasteiger partial charge on any atom is -0.493 e. The molecule has 0 radical (unpaired) electrons. The van der Waals surface area contributed by atoms with Gasteiger partial charge in [0, 0.05) is 16.3 Å². The van der Waals surface area contributed by atoms with Crippen molar-refractivity contribution < 1.29 is 19.0 Å². The fraction of sp³-hybridized carbons (Fsp3) is 0.200. The lowest BCUT2D eigenvalue weighted by molar-refractivity contribution is 0.0517. The molecule has 0 saturated heterocycles. The third kappa shape index (κ3) is 3.44. The van der Waals surface area contributed by atoms with E-state index in [1.54, 1.807) is 13.0 Å². The second kappa shape index (κ2) is 7.82. The number of benzene rings is 2. The van der Waals surface area contributed by atoms with Crippen LogP contribution >= 0.6 is 0 Å². The topological polar surface area (TPSA) is 87.6 Å². The summed E-state index contributed by atoms with van der Waals surface area (Å²) in [5, 5.41) is 8.82. The lowest BCUT2D eigenvalue weighted by Crippen LogP contribution is -2.18. The summed E-state index contributed by atoms with van der Waals surface area (Å²) >= 11 is 0. The van der Waals surface area contributed by atoms with Crippen molar-refractivity contribution in [3.8, 4) is 22.8 Å². The molecule has 0 unspecified atom stereocenters. The summed E-state index contributed by atoms with van der Waals surface area (Å²) in [6.07, 6.45) is 0. The predicted octanol–water partition coefficient (Wildman–Crippen LogP) is 2.85. The van der Waals surface area contributed by atoms with Gasteiger partial charge < -0.3 is 14.2 Å². The normalized spacial score (nSPS) is 10.5. The lowest BCUT2D eigenvalue weighted by Gasteiger charge is -2.09. The highest BCUT2D eigenvalue weighted by Gasteiger charge is 2.20. The third-order valence-corrected chi connectivity index (χ3v) is 4.00. The Bertz CT molecular complexity index is 1050. The van der Waals surface area contributed by atoms with Crippen LogP contribution in [-0.2, 0) is 4.74 Å². The molecule has 2 aromatic carbocycles. The second-order valence-corrected chi connectivity index (χ2v) is 5.57. The van der Waals surface area contributed by atoms with Gasteiger partial charge in [-0.3, -0.25) is 4.79 Å². The molecule has 27 heavy (non-hydrogen) atoms. The standard InChI is InChI=1S/C20H18N2O5/c1-4-27-20(24)18-19(23)14-11-16(26-3)15(25-2)10-13(14)17(21-22-18)12-8-6-5-7-9-12/h5-11H,4H2,1-3H3. The van der Waals surface area contributed by atoms with E-state index in [0.29, 0.717) is 22.6 Å². The largest absolute Gasteiger partial charge is 0.493 e. The summed E-state index contributed by atoms with van der Waals surface area (Å²) in [5.41, 5.74) is 0.224. The van der Waals surface area contributed by atoms with Crippen LogP contribution in [0.4, 0.5) is 0 Å². The first kappa shape index (κ1) is 18.3. The van der Waals surface area contributed by atoms with Crippen LogP contribution in [0.1, 0.15) is 17.4 Å². The Hall–Kier alpha value is -3.48. The number of carbonyl (C=O) groups excluding carboxylic acids is 1. The van der Waals surface area contributed by atoms with Crippen molar-refractivity contribution in [2.75, 3.05) is 20.8 Å². The number of carbonyl (C=O) groups is 1. The second-order valence-electron chi connectivity index (χ2n) is 5.57. The van der Waals surface area contributed by atoms with Gasteiger partial charge >= 0.3 is 5.97 Å². The van der Waals surface area contributed by atoms with Crippen LogP contribution in [-0.4, -0.2) is 37.0 Å². The van der Waals surface area contributed by atoms with Crippen LogP contribution in [0.2, 0.25) is 0 Å². The van der Waals surface area contributed by atoms with Crippen molar-refractivity contribution in [1.82, 2.24) is 10.2 Å². The first-order valence-electron chi connectivity index (χ1n) is 8.30. The minimum absolute atomic E-state index is 0.124. The van der Waals surface area contributed by atoms with E-state index < -0.39 is 11.4 Å². The molecular formula is C20H18N2O5. The van der Waals surface area contributed by atoms with Crippen LogP contribution in [0, 0.1) is 0 Å². The van der Waals surface area contributed by atoms with Crippen molar-refractivity contribution in [2.45, 2.75) is 6.92 Å². The van der Waals surface area contributed by atoms with Crippen molar-refractivity contribution in [2.24, 2.45) is 0 Å². The van der Waals surface area contributed by atoms with Gasteiger partial charge in [0.25, 0.3) is 0 Å². The number of ether oxygens (including phenoxy) is 3. The average molecular weight is 366 g/mol. The van der Waals surface area contributed by atoms with Crippen LogP contribution in [0.5, 0.6) is 11.5 Å². The fourth-order valence-electron chi connectivity index (χ4n) is 2.73. The molecule has 3 aromatic rings. The summed E-state index contributed by atoms with van der Waals surface area (Å²) < 4.78 is 15.6. The highest BCUT2D eigenvalue weighted by atomic mass is 16.5. The fourth-order valence-corrected chi connectivity index (χ4v) is 2.73. The Morgan fingerprint density at radius 3 is 2.19 bits per heavy atom. The molecule has 0 amide bonds. The van der Waals surface area contributed by atoms with Crippen LogP contribution in [0.3, 0.4) is 0 Å². The summed E-state index contributed by atoms with van der Waals surface area (Å²) in [4.78, 5) is 25.2. The summed E-state index contributed by atoms with van der Waals surface area (Å²) in [7, 11) is 2.97. The Morgan fingerprint density at radius 2 is 1.59 bits per heavy atom. The molecule has 0 aliphatic heterocycles. The van der Waals surface area contributed by atoms with Gasteiger partial charge in [-0.15, -0.1) is 10.2 Å². The molecule has 0 aliphatic rings. The smallest absolute Gasteiger partial charge is 0.362 e. The summed E-state index contributed by atoms with van der Waals surface area (Å²) in [5.74, 6) is -0.0179. The highest BCUT2D eigenvalue weighted by molar-refractivity contribution is 5.98. The van der Waals surface area contributed by atoms with E-state index in [-0.39, 0.29) is 17.7 Å². The van der Waals surface area contributed by atoms with Crippen molar-refractivity contribution in [3.63, 3.8) is 0 Å². The van der Waals surface area contributed by atoms with Gasteiger partial charge in [0.05, 0.1) is 20.8 Å². The number of nitrogens with zero attached hydrogens (tertiary/aromatic N) is 2. The Morgan fingerprint density at radius 1 is 0.963 bits per heavy atom. The van der Waals surface area contributed by atoms with Crippen LogP contribution < -0.4 is 14.9 Å². The van der Waals surface area contributed by atoms with Gasteiger partial charge in [-0.05, 0) is 19.1 Å². The molecule has 0 N–H and O–H groups in total. The molecule has 0 atom stereocenters. The van der Waals surface area contributed by atoms with Gasteiger partial charge in [-0.2, -0.15) is 0 Å². The highest BCUT2D eigenvalue weighted by Crippen LogP contribution is 2.34. The monoisotopic (exact) mass is 366 g/mol. The number of hydrogen-bond donors (Lipinski definition) is 0. The van der Waals surface area contributed by atoms with Gasteiger partial charge in [-0.25, -0.2) is 4.79 Å². The zero-order chi connectivity index (χ0) is 19.4. The molecule has 1 aromatic heterocycles. The molecule has 138 valence electrons. The van der Waals surface area contributed by atoms with Gasteiger partial charge in [0.15, 0.2) is 11.5 Å². The number of methoxy groups -OCH3 is 2. The number of hydrogen-bond acceptors (Lipinski definition) is 7. The van der Waals surface area contributed by atoms with Gasteiger partial charge in [0.2, 0.25) is 11.1 Å². The minimum atomic E-state index is -0.818. The Kier molecular flexibility index (Phi) is 5.30. The first-order valence-corrected chi connectivity index (χ1v) is 8.30. The molecule has 0 aliphatic carbocycles. The summed E-state index contributed by atoms with van der Waals surface area (Å²) in [6, 6.07) is 12.4.